The van der Waals surface area contributed by atoms with Gasteiger partial charge < -0.3 is 0 Å². The van der Waals surface area contributed by atoms with Gasteiger partial charge in [-0.15, -0.1) is 0 Å². The summed E-state index contributed by atoms with van der Waals surface area (Å²) < 4.78 is 56.4. The van der Waals surface area contributed by atoms with Crippen LogP contribution in [0.3, 0.4) is 0 Å². The van der Waals surface area contributed by atoms with Crippen LogP contribution in [0.1, 0.15) is 24.8 Å². The van der Waals surface area contributed by atoms with Crippen LogP contribution in [-0.4, -0.2) is 54.0 Å². The van der Waals surface area contributed by atoms with Crippen molar-refractivity contribution < 1.29 is 16.8 Å². The lowest BCUT2D eigenvalue weighted by Crippen LogP contribution is -2.35. The van der Waals surface area contributed by atoms with E-state index in [2.05, 4.69) is 19.8 Å². The Labute approximate surface area is 181 Å². The minimum Gasteiger partial charge on any atom is -0.237 e. The van der Waals surface area contributed by atoms with Gasteiger partial charge in [0, 0.05) is 31.4 Å². The van der Waals surface area contributed by atoms with Gasteiger partial charge in [0.05, 0.1) is 9.79 Å². The average Bonchev–Trinajstić information content (AvgIpc) is 3.33. The van der Waals surface area contributed by atoms with Crippen molar-refractivity contribution in [3.63, 3.8) is 0 Å². The molecule has 4 rings (SSSR count). The molecule has 164 valence electrons. The third kappa shape index (κ3) is 4.66. The zero-order valence-corrected chi connectivity index (χ0v) is 18.3. The Balaban J connectivity index is 1.50. The fourth-order valence-corrected chi connectivity index (χ4v) is 5.92. The molecular formula is C19H22N6O4S2. The van der Waals surface area contributed by atoms with Crippen LogP contribution in [0.2, 0.25) is 0 Å². The maximum absolute atomic E-state index is 12.7. The second kappa shape index (κ2) is 8.83. The molecule has 12 heteroatoms. The predicted molar refractivity (Wildman–Crippen MR) is 112 cm³/mol. The first-order valence-electron chi connectivity index (χ1n) is 9.77. The Hall–Kier alpha value is -2.67. The molecule has 0 amide bonds. The number of aromatic nitrogens is 4. The molecular weight excluding hydrogens is 440 g/mol. The second-order valence-electron chi connectivity index (χ2n) is 7.09. The molecule has 0 radical (unpaired) electrons. The molecule has 1 fully saturated rings. The van der Waals surface area contributed by atoms with Gasteiger partial charge in [-0.2, -0.15) is 9.40 Å². The van der Waals surface area contributed by atoms with Gasteiger partial charge in [0.25, 0.3) is 0 Å². The van der Waals surface area contributed by atoms with E-state index in [1.807, 2.05) is 0 Å². The largest absolute Gasteiger partial charge is 0.243 e. The van der Waals surface area contributed by atoms with Crippen LogP contribution in [0, 0.1) is 0 Å². The summed E-state index contributed by atoms with van der Waals surface area (Å²) >= 11 is 0. The van der Waals surface area contributed by atoms with Crippen molar-refractivity contribution in [3.8, 4) is 5.82 Å². The molecule has 3 heterocycles. The fourth-order valence-electron chi connectivity index (χ4n) is 3.39. The Kier molecular flexibility index (Phi) is 6.14. The number of pyridine rings is 1. The van der Waals surface area contributed by atoms with Crippen LogP contribution < -0.4 is 4.72 Å². The van der Waals surface area contributed by atoms with Crippen LogP contribution >= 0.6 is 0 Å². The van der Waals surface area contributed by atoms with Crippen molar-refractivity contribution in [2.24, 2.45) is 0 Å². The molecule has 0 bridgehead atoms. The van der Waals surface area contributed by atoms with Gasteiger partial charge in [0.15, 0.2) is 5.82 Å². The number of benzene rings is 1. The molecule has 31 heavy (non-hydrogen) atoms. The molecule has 1 aromatic carbocycles. The lowest BCUT2D eigenvalue weighted by molar-refractivity contribution is 0.346. The van der Waals surface area contributed by atoms with Crippen molar-refractivity contribution >= 4 is 20.0 Å². The second-order valence-corrected chi connectivity index (χ2v) is 10.8. The van der Waals surface area contributed by atoms with Gasteiger partial charge in [-0.25, -0.2) is 36.2 Å². The average molecular weight is 463 g/mol. The Bertz CT molecular complexity index is 1240. The topological polar surface area (TPSA) is 127 Å². The van der Waals surface area contributed by atoms with Gasteiger partial charge >= 0.3 is 0 Å². The highest BCUT2D eigenvalue weighted by atomic mass is 32.2. The number of nitrogens with one attached hydrogen (secondary N) is 1. The number of hydrogen-bond donors (Lipinski definition) is 1. The van der Waals surface area contributed by atoms with E-state index in [9.17, 15) is 16.8 Å². The molecule has 3 aromatic rings. The molecule has 1 saturated heterocycles. The van der Waals surface area contributed by atoms with E-state index in [-0.39, 0.29) is 16.3 Å². The van der Waals surface area contributed by atoms with Crippen LogP contribution in [0.5, 0.6) is 0 Å². The zero-order valence-electron chi connectivity index (χ0n) is 16.6. The van der Waals surface area contributed by atoms with E-state index >= 15 is 0 Å². The van der Waals surface area contributed by atoms with E-state index < -0.39 is 20.0 Å². The standard InChI is InChI=1S/C19H22N6O4S2/c26-30(27,23-13-16-5-4-10-21-19(16)25-15-20-14-22-25)17-6-8-18(9-7-17)31(28,29)24-11-2-1-3-12-24/h4-10,14-15,23H,1-3,11-13H2. The van der Waals surface area contributed by atoms with Crippen LogP contribution in [0.25, 0.3) is 5.82 Å². The SMILES string of the molecule is O=S(=O)(NCc1cccnc1-n1cncn1)c1ccc(S(=O)(=O)N2CCCCC2)cc1. The predicted octanol–water partition coefficient (Wildman–Crippen LogP) is 1.32. The number of rotatable bonds is 7. The molecule has 0 spiro atoms. The lowest BCUT2D eigenvalue weighted by Gasteiger charge is -2.25. The summed E-state index contributed by atoms with van der Waals surface area (Å²) in [6, 6.07) is 8.72. The maximum Gasteiger partial charge on any atom is 0.243 e. The first-order valence-corrected chi connectivity index (χ1v) is 12.7. The van der Waals surface area contributed by atoms with Crippen LogP contribution in [0.4, 0.5) is 0 Å². The highest BCUT2D eigenvalue weighted by molar-refractivity contribution is 7.89. The zero-order chi connectivity index (χ0) is 21.9. The van der Waals surface area contributed by atoms with Gasteiger partial charge in [-0.1, -0.05) is 12.5 Å². The highest BCUT2D eigenvalue weighted by Crippen LogP contribution is 2.22. The van der Waals surface area contributed by atoms with E-state index in [0.717, 1.165) is 19.3 Å². The highest BCUT2D eigenvalue weighted by Gasteiger charge is 2.26. The molecule has 0 saturated carbocycles. The molecule has 1 aliphatic heterocycles. The number of nitrogens with zero attached hydrogens (tertiary/aromatic N) is 5. The summed E-state index contributed by atoms with van der Waals surface area (Å²) in [6.45, 7) is 0.964. The van der Waals surface area contributed by atoms with E-state index in [1.165, 1.54) is 45.9 Å². The van der Waals surface area contributed by atoms with Gasteiger partial charge in [-0.05, 0) is 43.2 Å². The molecule has 1 N–H and O–H groups in total. The van der Waals surface area contributed by atoms with Gasteiger partial charge in [0.1, 0.15) is 12.7 Å². The normalized spacial score (nSPS) is 15.7. The molecule has 0 atom stereocenters. The third-order valence-electron chi connectivity index (χ3n) is 5.04. The Morgan fingerprint density at radius 3 is 2.32 bits per heavy atom. The van der Waals surface area contributed by atoms with Crippen molar-refractivity contribution in [2.75, 3.05) is 13.1 Å². The van der Waals surface area contributed by atoms with Crippen molar-refractivity contribution in [1.29, 1.82) is 0 Å². The smallest absolute Gasteiger partial charge is 0.237 e. The summed E-state index contributed by atoms with van der Waals surface area (Å²) in [5.41, 5.74) is 0.612. The number of sulfonamides is 2. The monoisotopic (exact) mass is 462 g/mol. The minimum absolute atomic E-state index is 0.0147. The lowest BCUT2D eigenvalue weighted by atomic mass is 10.2. The first-order chi connectivity index (χ1) is 14.9. The van der Waals surface area contributed by atoms with Crippen molar-refractivity contribution in [3.05, 3.63) is 60.8 Å². The molecule has 0 aliphatic carbocycles. The maximum atomic E-state index is 12.7. The third-order valence-corrected chi connectivity index (χ3v) is 8.37. The summed E-state index contributed by atoms with van der Waals surface area (Å²) in [6.07, 6.45) is 7.10. The van der Waals surface area contributed by atoms with Crippen LogP contribution in [-0.2, 0) is 26.6 Å². The number of piperidine rings is 1. The summed E-state index contributed by atoms with van der Waals surface area (Å²) in [4.78, 5) is 8.18. The number of hydrogen-bond acceptors (Lipinski definition) is 7. The quantitative estimate of drug-likeness (QED) is 0.561. The van der Waals surface area contributed by atoms with Crippen molar-refractivity contribution in [2.45, 2.75) is 35.6 Å². The Morgan fingerprint density at radius 1 is 0.935 bits per heavy atom. The fraction of sp³-hybridized carbons (Fsp3) is 0.316. The van der Waals surface area contributed by atoms with Crippen molar-refractivity contribution in [1.82, 2.24) is 28.8 Å². The first kappa shape index (κ1) is 21.6. The summed E-state index contributed by atoms with van der Waals surface area (Å²) in [5, 5.41) is 4.03. The van der Waals surface area contributed by atoms with E-state index in [0.29, 0.717) is 24.5 Å². The van der Waals surface area contributed by atoms with Crippen LogP contribution in [0.15, 0.2) is 65.0 Å². The minimum atomic E-state index is -3.86. The summed E-state index contributed by atoms with van der Waals surface area (Å²) in [7, 11) is -7.48. The summed E-state index contributed by atoms with van der Waals surface area (Å²) in [5.74, 6) is 0.464. The molecule has 0 unspecified atom stereocenters. The van der Waals surface area contributed by atoms with Gasteiger partial charge in [0.2, 0.25) is 20.0 Å². The Morgan fingerprint density at radius 2 is 1.65 bits per heavy atom. The van der Waals surface area contributed by atoms with E-state index in [1.54, 1.807) is 18.3 Å². The molecule has 1 aliphatic rings. The van der Waals surface area contributed by atoms with E-state index in [4.69, 9.17) is 0 Å². The molecule has 10 nitrogen and oxygen atoms in total. The van der Waals surface area contributed by atoms with Gasteiger partial charge in [-0.3, -0.25) is 0 Å². The molecule has 2 aromatic heterocycles.